The molecule has 122 valence electrons. The summed E-state index contributed by atoms with van der Waals surface area (Å²) < 4.78 is 29.1. The lowest BCUT2D eigenvalue weighted by Crippen LogP contribution is -2.25. The SMILES string of the molecule is O=Cc1cnn2cnc(N3CCC[C@@H]3c3cc(F)ccc3F)nc12. The number of fused-ring (bicyclic) bond motifs is 1. The minimum absolute atomic E-state index is 0.292. The first-order chi connectivity index (χ1) is 11.7. The van der Waals surface area contributed by atoms with E-state index in [1.165, 1.54) is 23.1 Å². The number of hydrogen-bond donors (Lipinski definition) is 0. The third-order valence-electron chi connectivity index (χ3n) is 4.24. The van der Waals surface area contributed by atoms with Crippen molar-refractivity contribution in [3.8, 4) is 0 Å². The fourth-order valence-corrected chi connectivity index (χ4v) is 3.12. The number of nitrogens with zero attached hydrogens (tertiary/aromatic N) is 5. The van der Waals surface area contributed by atoms with Gasteiger partial charge in [-0.05, 0) is 31.0 Å². The summed E-state index contributed by atoms with van der Waals surface area (Å²) in [6, 6.07) is 3.11. The van der Waals surface area contributed by atoms with E-state index in [1.807, 2.05) is 4.90 Å². The summed E-state index contributed by atoms with van der Waals surface area (Å²) >= 11 is 0. The van der Waals surface area contributed by atoms with Crippen LogP contribution in [0.4, 0.5) is 14.7 Å². The smallest absolute Gasteiger partial charge is 0.229 e. The van der Waals surface area contributed by atoms with Gasteiger partial charge < -0.3 is 4.90 Å². The van der Waals surface area contributed by atoms with E-state index in [4.69, 9.17) is 0 Å². The molecule has 4 rings (SSSR count). The molecule has 1 saturated heterocycles. The van der Waals surface area contributed by atoms with Crippen LogP contribution < -0.4 is 4.90 Å². The summed E-state index contributed by atoms with van der Waals surface area (Å²) in [5.74, 6) is -0.557. The number of benzene rings is 1. The topological polar surface area (TPSA) is 63.4 Å². The van der Waals surface area contributed by atoms with Crippen molar-refractivity contribution in [2.24, 2.45) is 0 Å². The first-order valence-corrected chi connectivity index (χ1v) is 7.54. The molecule has 3 heterocycles. The molecule has 3 aromatic rings. The summed E-state index contributed by atoms with van der Waals surface area (Å²) in [5.41, 5.74) is 1.03. The van der Waals surface area contributed by atoms with Crippen molar-refractivity contribution >= 4 is 17.9 Å². The Balaban J connectivity index is 1.77. The number of halogens is 2. The van der Waals surface area contributed by atoms with Crippen LogP contribution in [0.2, 0.25) is 0 Å². The predicted molar refractivity (Wildman–Crippen MR) is 81.8 cm³/mol. The summed E-state index contributed by atoms with van der Waals surface area (Å²) in [7, 11) is 0. The summed E-state index contributed by atoms with van der Waals surface area (Å²) in [6.45, 7) is 0.626. The maximum absolute atomic E-state index is 14.1. The zero-order chi connectivity index (χ0) is 16.7. The van der Waals surface area contributed by atoms with Gasteiger partial charge in [-0.1, -0.05) is 0 Å². The minimum atomic E-state index is -0.478. The van der Waals surface area contributed by atoms with Crippen LogP contribution in [0.15, 0.2) is 30.7 Å². The molecular formula is C16H13F2N5O. The maximum Gasteiger partial charge on any atom is 0.229 e. The molecule has 24 heavy (non-hydrogen) atoms. The van der Waals surface area contributed by atoms with E-state index in [-0.39, 0.29) is 6.04 Å². The van der Waals surface area contributed by atoms with E-state index in [2.05, 4.69) is 15.1 Å². The molecule has 0 spiro atoms. The van der Waals surface area contributed by atoms with Crippen LogP contribution in [0.25, 0.3) is 5.65 Å². The van der Waals surface area contributed by atoms with Gasteiger partial charge in [0.2, 0.25) is 5.95 Å². The second-order valence-corrected chi connectivity index (χ2v) is 5.66. The number of aromatic nitrogens is 4. The molecule has 0 radical (unpaired) electrons. The van der Waals surface area contributed by atoms with Crippen LogP contribution >= 0.6 is 0 Å². The highest BCUT2D eigenvalue weighted by Crippen LogP contribution is 2.36. The first-order valence-electron chi connectivity index (χ1n) is 7.54. The molecule has 0 aliphatic carbocycles. The molecule has 0 saturated carbocycles. The molecule has 0 N–H and O–H groups in total. The largest absolute Gasteiger partial charge is 0.334 e. The van der Waals surface area contributed by atoms with E-state index in [9.17, 15) is 13.6 Å². The van der Waals surface area contributed by atoms with Gasteiger partial charge in [0.25, 0.3) is 0 Å². The van der Waals surface area contributed by atoms with Gasteiger partial charge in [0.1, 0.15) is 18.0 Å². The lowest BCUT2D eigenvalue weighted by Gasteiger charge is -2.25. The molecule has 1 aliphatic heterocycles. The molecule has 1 aromatic carbocycles. The standard InChI is InChI=1S/C16H13F2N5O/c17-11-3-4-13(18)12(6-11)14-2-1-5-22(14)16-19-9-23-15(21-16)10(8-24)7-20-23/h3-4,6-9,14H,1-2,5H2/t14-/m1/s1. The normalized spacial score (nSPS) is 17.6. The summed E-state index contributed by atoms with van der Waals surface area (Å²) in [4.78, 5) is 21.5. The third-order valence-corrected chi connectivity index (χ3v) is 4.24. The van der Waals surface area contributed by atoms with Gasteiger partial charge in [-0.25, -0.2) is 18.3 Å². The number of hydrogen-bond acceptors (Lipinski definition) is 5. The summed E-state index contributed by atoms with van der Waals surface area (Å²) in [6.07, 6.45) is 5.03. The number of carbonyl (C=O) groups excluding carboxylic acids is 1. The summed E-state index contributed by atoms with van der Waals surface area (Å²) in [5, 5.41) is 3.99. The van der Waals surface area contributed by atoms with Gasteiger partial charge in [-0.15, -0.1) is 0 Å². The monoisotopic (exact) mass is 329 g/mol. The van der Waals surface area contributed by atoms with Crippen molar-refractivity contribution in [1.82, 2.24) is 19.6 Å². The molecular weight excluding hydrogens is 316 g/mol. The lowest BCUT2D eigenvalue weighted by molar-refractivity contribution is 0.112. The quantitative estimate of drug-likeness (QED) is 0.691. The van der Waals surface area contributed by atoms with Crippen LogP contribution in [-0.2, 0) is 0 Å². The molecule has 0 amide bonds. The third kappa shape index (κ3) is 2.31. The average molecular weight is 329 g/mol. The van der Waals surface area contributed by atoms with Gasteiger partial charge in [0.15, 0.2) is 11.9 Å². The van der Waals surface area contributed by atoms with Crippen molar-refractivity contribution in [2.45, 2.75) is 18.9 Å². The van der Waals surface area contributed by atoms with E-state index in [0.717, 1.165) is 18.6 Å². The first kappa shape index (κ1) is 14.7. The average Bonchev–Trinajstić information content (AvgIpc) is 3.22. The van der Waals surface area contributed by atoms with Crippen LogP contribution in [-0.4, -0.2) is 32.4 Å². The Morgan fingerprint density at radius 1 is 1.29 bits per heavy atom. The highest BCUT2D eigenvalue weighted by atomic mass is 19.1. The fourth-order valence-electron chi connectivity index (χ4n) is 3.12. The van der Waals surface area contributed by atoms with Crippen LogP contribution in [0.3, 0.4) is 0 Å². The molecule has 6 nitrogen and oxygen atoms in total. The van der Waals surface area contributed by atoms with E-state index in [0.29, 0.717) is 42.0 Å². The Hall–Kier alpha value is -2.90. The van der Waals surface area contributed by atoms with Gasteiger partial charge in [-0.3, -0.25) is 4.79 Å². The number of rotatable bonds is 3. The van der Waals surface area contributed by atoms with Crippen molar-refractivity contribution < 1.29 is 13.6 Å². The number of anilines is 1. The van der Waals surface area contributed by atoms with E-state index >= 15 is 0 Å². The lowest BCUT2D eigenvalue weighted by atomic mass is 10.0. The highest BCUT2D eigenvalue weighted by molar-refractivity contribution is 5.83. The zero-order valence-corrected chi connectivity index (χ0v) is 12.6. The molecule has 1 atom stereocenters. The number of aldehydes is 1. The second kappa shape index (κ2) is 5.63. The molecule has 0 bridgehead atoms. The molecule has 8 heteroatoms. The van der Waals surface area contributed by atoms with Gasteiger partial charge in [0, 0.05) is 12.1 Å². The second-order valence-electron chi connectivity index (χ2n) is 5.66. The predicted octanol–water partition coefficient (Wildman–Crippen LogP) is 2.56. The number of carbonyl (C=O) groups is 1. The Morgan fingerprint density at radius 3 is 3.00 bits per heavy atom. The van der Waals surface area contributed by atoms with Crippen molar-refractivity contribution in [2.75, 3.05) is 11.4 Å². The molecule has 1 aliphatic rings. The molecule has 1 fully saturated rings. The van der Waals surface area contributed by atoms with E-state index in [1.54, 1.807) is 0 Å². The van der Waals surface area contributed by atoms with Gasteiger partial charge >= 0.3 is 0 Å². The van der Waals surface area contributed by atoms with Crippen LogP contribution in [0, 0.1) is 11.6 Å². The van der Waals surface area contributed by atoms with Crippen LogP contribution in [0.5, 0.6) is 0 Å². The fraction of sp³-hybridized carbons (Fsp3) is 0.250. The Kier molecular flexibility index (Phi) is 3.44. The van der Waals surface area contributed by atoms with Gasteiger partial charge in [0.05, 0.1) is 17.8 Å². The highest BCUT2D eigenvalue weighted by Gasteiger charge is 2.30. The van der Waals surface area contributed by atoms with Crippen molar-refractivity contribution in [3.05, 3.63) is 53.5 Å². The Labute approximate surface area is 135 Å². The molecule has 0 unspecified atom stereocenters. The maximum atomic E-state index is 14.1. The minimum Gasteiger partial charge on any atom is -0.334 e. The molecule has 2 aromatic heterocycles. The Bertz CT molecular complexity index is 926. The van der Waals surface area contributed by atoms with Crippen molar-refractivity contribution in [3.63, 3.8) is 0 Å². The van der Waals surface area contributed by atoms with Crippen molar-refractivity contribution in [1.29, 1.82) is 0 Å². The van der Waals surface area contributed by atoms with Crippen LogP contribution in [0.1, 0.15) is 34.8 Å². The Morgan fingerprint density at radius 2 is 2.17 bits per heavy atom. The van der Waals surface area contributed by atoms with E-state index < -0.39 is 11.6 Å². The zero-order valence-electron chi connectivity index (χ0n) is 12.6. The van der Waals surface area contributed by atoms with Gasteiger partial charge in [-0.2, -0.15) is 10.1 Å².